The van der Waals surface area contributed by atoms with Crippen molar-refractivity contribution in [1.82, 2.24) is 20.3 Å². The van der Waals surface area contributed by atoms with Crippen molar-refractivity contribution in [2.45, 2.75) is 31.7 Å². The predicted octanol–water partition coefficient (Wildman–Crippen LogP) is 3.82. The highest BCUT2D eigenvalue weighted by atomic mass is 35.5. The summed E-state index contributed by atoms with van der Waals surface area (Å²) < 4.78 is 0. The Morgan fingerprint density at radius 1 is 1.26 bits per heavy atom. The minimum absolute atomic E-state index is 0.375. The minimum atomic E-state index is 0.375. The topological polar surface area (TPSA) is 53.6 Å². The fraction of sp³-hybridized carbons (Fsp3) is 0.333. The van der Waals surface area contributed by atoms with Gasteiger partial charge in [-0.15, -0.1) is 0 Å². The maximum atomic E-state index is 5.93. The van der Waals surface area contributed by atoms with Gasteiger partial charge in [-0.1, -0.05) is 23.7 Å². The first-order valence-corrected chi connectivity index (χ1v) is 8.47. The number of hydrogen-bond acceptors (Lipinski definition) is 3. The van der Waals surface area contributed by atoms with Crippen LogP contribution in [0.3, 0.4) is 0 Å². The second-order valence-corrected chi connectivity index (χ2v) is 6.51. The summed E-state index contributed by atoms with van der Waals surface area (Å²) in [6, 6.07) is 8.46. The van der Waals surface area contributed by atoms with Gasteiger partial charge in [0.05, 0.1) is 0 Å². The molecule has 0 aliphatic heterocycles. The summed E-state index contributed by atoms with van der Waals surface area (Å²) in [5.74, 6) is 0. The first-order valence-electron chi connectivity index (χ1n) is 8.09. The Hall–Kier alpha value is -1.91. The third-order valence-electron chi connectivity index (χ3n) is 4.60. The van der Waals surface area contributed by atoms with Crippen molar-refractivity contribution in [1.29, 1.82) is 0 Å². The van der Waals surface area contributed by atoms with Crippen LogP contribution in [0.2, 0.25) is 5.02 Å². The van der Waals surface area contributed by atoms with Crippen LogP contribution in [0.5, 0.6) is 0 Å². The lowest BCUT2D eigenvalue weighted by Crippen LogP contribution is -2.27. The van der Waals surface area contributed by atoms with Crippen molar-refractivity contribution in [2.24, 2.45) is 0 Å². The van der Waals surface area contributed by atoms with E-state index in [1.54, 1.807) is 6.33 Å². The lowest BCUT2D eigenvalue weighted by Gasteiger charge is -2.23. The second kappa shape index (κ2) is 6.30. The fourth-order valence-corrected chi connectivity index (χ4v) is 3.56. The summed E-state index contributed by atoms with van der Waals surface area (Å²) in [7, 11) is 0. The molecule has 23 heavy (non-hydrogen) atoms. The molecule has 1 aliphatic rings. The predicted molar refractivity (Wildman–Crippen MR) is 92.7 cm³/mol. The van der Waals surface area contributed by atoms with Gasteiger partial charge in [0.1, 0.15) is 12.0 Å². The number of aryl methyl sites for hydroxylation is 1. The van der Waals surface area contributed by atoms with E-state index in [0.717, 1.165) is 36.5 Å². The van der Waals surface area contributed by atoms with Gasteiger partial charge in [0, 0.05) is 28.3 Å². The quantitative estimate of drug-likeness (QED) is 0.766. The zero-order valence-corrected chi connectivity index (χ0v) is 13.6. The molecule has 1 unspecified atom stereocenters. The van der Waals surface area contributed by atoms with Crippen molar-refractivity contribution in [3.63, 3.8) is 0 Å². The summed E-state index contributed by atoms with van der Waals surface area (Å²) in [6.45, 7) is 0.951. The number of nitrogens with zero attached hydrogens (tertiary/aromatic N) is 2. The average molecular weight is 327 g/mol. The molecule has 0 spiro atoms. The molecule has 0 saturated carbocycles. The normalized spacial score (nSPS) is 17.3. The number of H-pyrrole nitrogens is 1. The summed E-state index contributed by atoms with van der Waals surface area (Å²) in [6.07, 6.45) is 8.00. The molecular formula is C18H19ClN4. The molecule has 2 N–H and O–H groups in total. The maximum absolute atomic E-state index is 5.93. The molecule has 0 saturated heterocycles. The van der Waals surface area contributed by atoms with Crippen molar-refractivity contribution < 1.29 is 0 Å². The zero-order chi connectivity index (χ0) is 15.6. The van der Waals surface area contributed by atoms with Crippen LogP contribution in [0.1, 0.15) is 35.7 Å². The van der Waals surface area contributed by atoms with Gasteiger partial charge in [0.25, 0.3) is 0 Å². The number of aromatic nitrogens is 3. The van der Waals surface area contributed by atoms with Gasteiger partial charge in [0.15, 0.2) is 0 Å². The van der Waals surface area contributed by atoms with Gasteiger partial charge in [-0.05, 0) is 55.5 Å². The first kappa shape index (κ1) is 14.7. The second-order valence-electron chi connectivity index (χ2n) is 6.08. The molecule has 0 radical (unpaired) electrons. The van der Waals surface area contributed by atoms with Gasteiger partial charge in [-0.3, -0.25) is 0 Å². The van der Waals surface area contributed by atoms with E-state index in [9.17, 15) is 0 Å². The lowest BCUT2D eigenvalue weighted by atomic mass is 9.92. The molecular weight excluding hydrogens is 308 g/mol. The van der Waals surface area contributed by atoms with Crippen LogP contribution in [0.25, 0.3) is 11.0 Å². The van der Waals surface area contributed by atoms with Crippen LogP contribution in [0.4, 0.5) is 0 Å². The molecule has 2 aromatic heterocycles. The van der Waals surface area contributed by atoms with E-state index in [2.05, 4.69) is 32.4 Å². The number of hydrogen-bond donors (Lipinski definition) is 2. The zero-order valence-electron chi connectivity index (χ0n) is 12.8. The van der Waals surface area contributed by atoms with E-state index in [-0.39, 0.29) is 0 Å². The number of fused-ring (bicyclic) bond motifs is 3. The van der Waals surface area contributed by atoms with Crippen LogP contribution < -0.4 is 5.32 Å². The number of rotatable bonds is 4. The van der Waals surface area contributed by atoms with Crippen LogP contribution in [0.15, 0.2) is 36.8 Å². The first-order chi connectivity index (χ1) is 11.3. The molecule has 0 bridgehead atoms. The van der Waals surface area contributed by atoms with Crippen molar-refractivity contribution >= 4 is 22.6 Å². The summed E-state index contributed by atoms with van der Waals surface area (Å²) in [4.78, 5) is 12.0. The molecule has 4 nitrogen and oxygen atoms in total. The highest BCUT2D eigenvalue weighted by Gasteiger charge is 2.24. The van der Waals surface area contributed by atoms with Crippen LogP contribution in [-0.2, 0) is 12.8 Å². The van der Waals surface area contributed by atoms with Gasteiger partial charge in [-0.2, -0.15) is 0 Å². The molecule has 4 rings (SSSR count). The Kier molecular flexibility index (Phi) is 4.02. The Balaban J connectivity index is 1.47. The van der Waals surface area contributed by atoms with E-state index in [4.69, 9.17) is 11.6 Å². The fourth-order valence-electron chi connectivity index (χ4n) is 3.44. The number of halogens is 1. The Labute approximate surface area is 140 Å². The Bertz CT molecular complexity index is 810. The van der Waals surface area contributed by atoms with E-state index in [0.29, 0.717) is 6.04 Å². The molecule has 2 heterocycles. The van der Waals surface area contributed by atoms with Gasteiger partial charge in [-0.25, -0.2) is 9.97 Å². The molecule has 1 aliphatic carbocycles. The van der Waals surface area contributed by atoms with Crippen LogP contribution in [0, 0.1) is 0 Å². The smallest absolute Gasteiger partial charge is 0.141 e. The SMILES string of the molecule is Clc1ccc(CCNC2CCCc3c2[nH]c2ncncc32)cc1. The monoisotopic (exact) mass is 326 g/mol. The summed E-state index contributed by atoms with van der Waals surface area (Å²) >= 11 is 5.93. The summed E-state index contributed by atoms with van der Waals surface area (Å²) in [5.41, 5.74) is 4.94. The van der Waals surface area contributed by atoms with E-state index in [1.165, 1.54) is 28.6 Å². The Morgan fingerprint density at radius 2 is 2.13 bits per heavy atom. The van der Waals surface area contributed by atoms with Gasteiger partial charge in [0.2, 0.25) is 0 Å². The third-order valence-corrected chi connectivity index (χ3v) is 4.85. The highest BCUT2D eigenvalue weighted by molar-refractivity contribution is 6.30. The number of nitrogens with one attached hydrogen (secondary N) is 2. The standard InChI is InChI=1S/C18H19ClN4/c19-13-6-4-12(5-7-13)8-9-21-16-3-1-2-14-15-10-20-11-22-18(15)23-17(14)16/h4-7,10-11,16,21H,1-3,8-9H2,(H,20,22,23). The molecule has 1 atom stereocenters. The van der Waals surface area contributed by atoms with E-state index in [1.807, 2.05) is 18.3 Å². The number of benzene rings is 1. The summed E-state index contributed by atoms with van der Waals surface area (Å²) in [5, 5.41) is 5.65. The molecule has 5 heteroatoms. The largest absolute Gasteiger partial charge is 0.341 e. The third kappa shape index (κ3) is 2.96. The van der Waals surface area contributed by atoms with Gasteiger partial charge < -0.3 is 10.3 Å². The lowest BCUT2D eigenvalue weighted by molar-refractivity contribution is 0.456. The maximum Gasteiger partial charge on any atom is 0.141 e. The van der Waals surface area contributed by atoms with Crippen LogP contribution in [-0.4, -0.2) is 21.5 Å². The van der Waals surface area contributed by atoms with Crippen molar-refractivity contribution in [3.05, 3.63) is 58.6 Å². The van der Waals surface area contributed by atoms with E-state index >= 15 is 0 Å². The van der Waals surface area contributed by atoms with Crippen molar-refractivity contribution in [3.8, 4) is 0 Å². The highest BCUT2D eigenvalue weighted by Crippen LogP contribution is 2.33. The van der Waals surface area contributed by atoms with Crippen LogP contribution >= 0.6 is 11.6 Å². The van der Waals surface area contributed by atoms with Gasteiger partial charge >= 0.3 is 0 Å². The van der Waals surface area contributed by atoms with Crippen molar-refractivity contribution in [2.75, 3.05) is 6.54 Å². The molecule has 3 aromatic rings. The van der Waals surface area contributed by atoms with E-state index < -0.39 is 0 Å². The molecule has 0 amide bonds. The average Bonchev–Trinajstić information content (AvgIpc) is 2.96. The number of aromatic amines is 1. The molecule has 0 fully saturated rings. The minimum Gasteiger partial charge on any atom is -0.341 e. The Morgan fingerprint density at radius 3 is 3.00 bits per heavy atom. The molecule has 118 valence electrons. The molecule has 1 aromatic carbocycles.